The molecule has 2 heterocycles. The van der Waals surface area contributed by atoms with Gasteiger partial charge in [-0.2, -0.15) is 0 Å². The van der Waals surface area contributed by atoms with E-state index >= 15 is 0 Å². The first-order valence-electron chi connectivity index (χ1n) is 19.6. The maximum Gasteiger partial charge on any atom is 1.00 e. The van der Waals surface area contributed by atoms with Crippen molar-refractivity contribution in [2.24, 2.45) is 46.3 Å². The second-order valence-electron chi connectivity index (χ2n) is 18.0. The van der Waals surface area contributed by atoms with Crippen molar-refractivity contribution in [2.45, 2.75) is 158 Å². The van der Waals surface area contributed by atoms with Gasteiger partial charge in [0.05, 0.1) is 37.6 Å². The SMILES string of the molecule is CC(C)[C@H](/C=C/[C@@H](C)[C@H]1C[C@@H](O)[C@@H]2[C@]1(C)CCC1[C@@]2(O)[C@H](O)[C@H](O)[C@H]2C[C@@H](OC3OCC(O)C(O)C3O)CC[C@]12C)OC1OCC(O)C(OS(=O)(=O)[O-])C1O.[Na+]. The van der Waals surface area contributed by atoms with Gasteiger partial charge in [0.25, 0.3) is 0 Å². The normalized spacial score (nSPS) is 50.8. The molecule has 6 aliphatic rings. The molecule has 56 heavy (non-hydrogen) atoms. The van der Waals surface area contributed by atoms with Crippen LogP contribution in [0.25, 0.3) is 0 Å². The zero-order valence-corrected chi connectivity index (χ0v) is 35.8. The third-order valence-electron chi connectivity index (χ3n) is 14.5. The molecule has 2 saturated heterocycles. The largest absolute Gasteiger partial charge is 1.00 e. The molecule has 0 aromatic carbocycles. The van der Waals surface area contributed by atoms with E-state index < -0.39 is 131 Å². The molecule has 9 N–H and O–H groups in total. The Labute approximate surface area is 350 Å². The Balaban J connectivity index is 0.00000600. The minimum atomic E-state index is -5.24. The van der Waals surface area contributed by atoms with Gasteiger partial charge in [-0.15, -0.1) is 0 Å². The van der Waals surface area contributed by atoms with Gasteiger partial charge in [-0.1, -0.05) is 46.8 Å². The predicted octanol–water partition coefficient (Wildman–Crippen LogP) is -4.34. The Morgan fingerprint density at radius 3 is 2.05 bits per heavy atom. The Kier molecular flexibility index (Phi) is 14.7. The fourth-order valence-corrected chi connectivity index (χ4v) is 12.1. The van der Waals surface area contributed by atoms with Crippen LogP contribution in [0.4, 0.5) is 0 Å². The Hall–Kier alpha value is 0.0900. The van der Waals surface area contributed by atoms with Crippen LogP contribution in [0.3, 0.4) is 0 Å². The van der Waals surface area contributed by atoms with Crippen LogP contribution >= 0.6 is 0 Å². The van der Waals surface area contributed by atoms with Crippen molar-refractivity contribution >= 4 is 10.4 Å². The summed E-state index contributed by atoms with van der Waals surface area (Å²) in [5.74, 6) is -2.23. The molecule has 4 saturated carbocycles. The van der Waals surface area contributed by atoms with Crippen molar-refractivity contribution in [1.29, 1.82) is 0 Å². The van der Waals surface area contributed by atoms with Crippen molar-refractivity contribution in [3.63, 3.8) is 0 Å². The second-order valence-corrected chi connectivity index (χ2v) is 19.0. The van der Waals surface area contributed by atoms with Crippen LogP contribution in [0, 0.1) is 46.3 Å². The zero-order valence-electron chi connectivity index (χ0n) is 33.0. The summed E-state index contributed by atoms with van der Waals surface area (Å²) >= 11 is 0. The van der Waals surface area contributed by atoms with Gasteiger partial charge in [0.1, 0.15) is 48.3 Å². The van der Waals surface area contributed by atoms with Gasteiger partial charge in [0.15, 0.2) is 12.6 Å². The second kappa shape index (κ2) is 17.5. The first-order chi connectivity index (χ1) is 25.5. The topological polar surface area (TPSA) is 285 Å². The van der Waals surface area contributed by atoms with Crippen molar-refractivity contribution in [2.75, 3.05) is 13.2 Å². The van der Waals surface area contributed by atoms with Gasteiger partial charge in [-0.3, -0.25) is 4.18 Å². The molecule has 21 atom stereocenters. The molecule has 318 valence electrons. The minimum absolute atomic E-state index is 0. The number of rotatable bonds is 10. The monoisotopic (exact) mass is 832 g/mol. The van der Waals surface area contributed by atoms with E-state index in [2.05, 4.69) is 4.18 Å². The first-order valence-corrected chi connectivity index (χ1v) is 20.9. The molecule has 0 aromatic heterocycles. The number of hydrogen-bond acceptors (Lipinski definition) is 17. The molecule has 17 nitrogen and oxygen atoms in total. The predicted molar refractivity (Wildman–Crippen MR) is 188 cm³/mol. The van der Waals surface area contributed by atoms with E-state index in [9.17, 15) is 58.9 Å². The molecule has 0 aromatic rings. The van der Waals surface area contributed by atoms with Crippen LogP contribution in [-0.2, 0) is 33.5 Å². The Morgan fingerprint density at radius 1 is 0.786 bits per heavy atom. The molecule has 6 fully saturated rings. The van der Waals surface area contributed by atoms with Crippen molar-refractivity contribution in [3.05, 3.63) is 12.2 Å². The molecule has 6 rings (SSSR count). The number of hydrogen-bond donors (Lipinski definition) is 9. The summed E-state index contributed by atoms with van der Waals surface area (Å²) < 4.78 is 61.0. The number of aliphatic hydroxyl groups excluding tert-OH is 8. The summed E-state index contributed by atoms with van der Waals surface area (Å²) in [5, 5.41) is 99.5. The van der Waals surface area contributed by atoms with E-state index in [0.717, 1.165) is 0 Å². The van der Waals surface area contributed by atoms with Gasteiger partial charge in [0.2, 0.25) is 10.4 Å². The Bertz CT molecular complexity index is 1490. The summed E-state index contributed by atoms with van der Waals surface area (Å²) in [6.45, 7) is 9.09. The van der Waals surface area contributed by atoms with Crippen LogP contribution in [0.1, 0.15) is 73.1 Å². The standard InChI is InChI=1S/C37H62O17S.Na/c1-16(2)24(53-34-29(44)30(23(40)15-51-34)54-55(47,48)49)7-6-17(3)19-13-21(38)31-36(19,5)11-9-25-35(4)10-8-18(12-20(35)26(41)32(45)37(25,31)46)52-33-28(43)27(42)22(39)14-50-33;/h6-7,16-34,38-46H,8-15H2,1-5H3,(H,47,48,49);/q;+1/p-1/b7-6+;/t17-,18+,19-,20-,21-,22?,23?,24+,25?,26-,27?,28?,29?,30?,31-,32-,33?,34?,35+,36-,37+;/m1./s1. The number of ether oxygens (including phenoxy) is 4. The molecule has 2 aliphatic heterocycles. The van der Waals surface area contributed by atoms with Crippen LogP contribution in [0.15, 0.2) is 12.2 Å². The smallest absolute Gasteiger partial charge is 0.726 e. The summed E-state index contributed by atoms with van der Waals surface area (Å²) in [4.78, 5) is 0. The summed E-state index contributed by atoms with van der Waals surface area (Å²) in [6, 6.07) is 0. The average Bonchev–Trinajstić information content (AvgIpc) is 3.39. The van der Waals surface area contributed by atoms with E-state index in [0.29, 0.717) is 38.5 Å². The van der Waals surface area contributed by atoms with Crippen LogP contribution in [-0.4, -0.2) is 157 Å². The van der Waals surface area contributed by atoms with E-state index in [1.807, 2.05) is 40.7 Å². The van der Waals surface area contributed by atoms with E-state index in [1.54, 1.807) is 6.08 Å². The number of aliphatic hydroxyl groups is 9. The molecular formula is C37H61NaO17S. The van der Waals surface area contributed by atoms with Crippen LogP contribution in [0.5, 0.6) is 0 Å². The molecule has 9 unspecified atom stereocenters. The Morgan fingerprint density at radius 2 is 1.41 bits per heavy atom. The third kappa shape index (κ3) is 8.48. The van der Waals surface area contributed by atoms with Gasteiger partial charge in [0, 0.05) is 5.92 Å². The maximum atomic E-state index is 12.8. The molecule has 0 amide bonds. The van der Waals surface area contributed by atoms with E-state index in [1.165, 1.54) is 0 Å². The summed E-state index contributed by atoms with van der Waals surface area (Å²) in [5.41, 5.74) is -3.10. The third-order valence-corrected chi connectivity index (χ3v) is 14.9. The number of fused-ring (bicyclic) bond motifs is 5. The van der Waals surface area contributed by atoms with Crippen molar-refractivity contribution < 1.29 is 112 Å². The molecule has 0 radical (unpaired) electrons. The number of allylic oxidation sites excluding steroid dienone is 1. The van der Waals surface area contributed by atoms with Crippen molar-refractivity contribution in [1.82, 2.24) is 0 Å². The first kappa shape index (κ1) is 47.1. The molecule has 19 heteroatoms. The minimum Gasteiger partial charge on any atom is -0.726 e. The summed E-state index contributed by atoms with van der Waals surface area (Å²) in [6.07, 6.45) is -10.4. The fraction of sp³-hybridized carbons (Fsp3) is 0.946. The van der Waals surface area contributed by atoms with Gasteiger partial charge < -0.3 is 69.5 Å². The molecule has 0 bridgehead atoms. The maximum absolute atomic E-state index is 12.8. The van der Waals surface area contributed by atoms with Gasteiger partial charge >= 0.3 is 29.6 Å². The average molecular weight is 833 g/mol. The fourth-order valence-electron chi connectivity index (χ4n) is 11.6. The summed E-state index contributed by atoms with van der Waals surface area (Å²) in [7, 11) is -5.24. The van der Waals surface area contributed by atoms with Crippen LogP contribution in [0.2, 0.25) is 0 Å². The quantitative estimate of drug-likeness (QED) is 0.0331. The zero-order chi connectivity index (χ0) is 40.6. The van der Waals surface area contributed by atoms with E-state index in [-0.39, 0.29) is 53.9 Å². The van der Waals surface area contributed by atoms with Gasteiger partial charge in [-0.25, -0.2) is 8.42 Å². The molecule has 4 aliphatic carbocycles. The van der Waals surface area contributed by atoms with E-state index in [4.69, 9.17) is 18.9 Å². The van der Waals surface area contributed by atoms with Crippen molar-refractivity contribution in [3.8, 4) is 0 Å². The molecular weight excluding hydrogens is 771 g/mol. The van der Waals surface area contributed by atoms with Gasteiger partial charge in [-0.05, 0) is 78.9 Å². The van der Waals surface area contributed by atoms with Crippen LogP contribution < -0.4 is 29.6 Å². The molecule has 0 spiro atoms.